The summed E-state index contributed by atoms with van der Waals surface area (Å²) < 4.78 is 0. The third-order valence-electron chi connectivity index (χ3n) is 3.89. The third kappa shape index (κ3) is 4.08. The van der Waals surface area contributed by atoms with Gasteiger partial charge in [-0.25, -0.2) is 0 Å². The topological polar surface area (TPSA) is 66.4 Å². The van der Waals surface area contributed by atoms with Gasteiger partial charge in [0.2, 0.25) is 5.91 Å². The summed E-state index contributed by atoms with van der Waals surface area (Å²) in [5.74, 6) is -1.32. The fourth-order valence-electron chi connectivity index (χ4n) is 1.99. The maximum atomic E-state index is 12.3. The predicted octanol–water partition coefficient (Wildman–Crippen LogP) is 2.80. The quantitative estimate of drug-likeness (QED) is 0.840. The number of carboxylic acid groups (broad SMARTS) is 1. The molecule has 1 aromatic rings. The van der Waals surface area contributed by atoms with Crippen molar-refractivity contribution in [1.82, 2.24) is 5.32 Å². The molecule has 1 amide bonds. The third-order valence-corrected chi connectivity index (χ3v) is 3.89. The molecule has 0 aliphatic rings. The van der Waals surface area contributed by atoms with Crippen LogP contribution < -0.4 is 5.32 Å². The molecule has 1 aromatic carbocycles. The molecule has 0 saturated heterocycles. The zero-order chi connectivity index (χ0) is 15.3. The van der Waals surface area contributed by atoms with Crippen molar-refractivity contribution in [2.45, 2.75) is 45.6 Å². The first-order valence-corrected chi connectivity index (χ1v) is 6.85. The van der Waals surface area contributed by atoms with Gasteiger partial charge in [0.05, 0.1) is 12.3 Å². The summed E-state index contributed by atoms with van der Waals surface area (Å²) in [4.78, 5) is 23.3. The molecule has 4 nitrogen and oxygen atoms in total. The maximum absolute atomic E-state index is 12.3. The number of carbonyl (C=O) groups is 2. The van der Waals surface area contributed by atoms with Crippen LogP contribution in [0.5, 0.6) is 0 Å². The van der Waals surface area contributed by atoms with Gasteiger partial charge in [-0.2, -0.15) is 0 Å². The molecule has 0 radical (unpaired) electrons. The van der Waals surface area contributed by atoms with Crippen LogP contribution in [0.2, 0.25) is 0 Å². The molecule has 0 aromatic heterocycles. The van der Waals surface area contributed by atoms with Crippen LogP contribution in [0.1, 0.15) is 45.6 Å². The lowest BCUT2D eigenvalue weighted by Crippen LogP contribution is -2.52. The number of aliphatic carboxylic acids is 1. The molecule has 0 fully saturated rings. The minimum absolute atomic E-state index is 0.0329. The fraction of sp³-hybridized carbons (Fsp3) is 0.500. The van der Waals surface area contributed by atoms with Gasteiger partial charge in [-0.1, -0.05) is 44.2 Å². The van der Waals surface area contributed by atoms with Crippen molar-refractivity contribution in [1.29, 1.82) is 0 Å². The summed E-state index contributed by atoms with van der Waals surface area (Å²) in [6.07, 6.45) is -0.0854. The van der Waals surface area contributed by atoms with Crippen LogP contribution in [0, 0.1) is 5.92 Å². The standard InChI is InChI=1S/C16H23NO3/c1-11(2)16(4,10-14(18)19)17-15(20)12(3)13-8-6-5-7-9-13/h5-9,11-12H,10H2,1-4H3,(H,17,20)(H,18,19)/t12-,16?/m1/s1. The number of hydrogen-bond donors (Lipinski definition) is 2. The van der Waals surface area contributed by atoms with Crippen LogP contribution in [-0.4, -0.2) is 22.5 Å². The van der Waals surface area contributed by atoms with Crippen molar-refractivity contribution in [3.05, 3.63) is 35.9 Å². The van der Waals surface area contributed by atoms with Crippen LogP contribution in [0.15, 0.2) is 30.3 Å². The smallest absolute Gasteiger partial charge is 0.305 e. The summed E-state index contributed by atoms with van der Waals surface area (Å²) >= 11 is 0. The number of hydrogen-bond acceptors (Lipinski definition) is 2. The Morgan fingerprint density at radius 1 is 1.20 bits per heavy atom. The molecule has 20 heavy (non-hydrogen) atoms. The molecule has 2 atom stereocenters. The highest BCUT2D eigenvalue weighted by atomic mass is 16.4. The van der Waals surface area contributed by atoms with Crippen LogP contribution in [0.25, 0.3) is 0 Å². The summed E-state index contributed by atoms with van der Waals surface area (Å²) in [5.41, 5.74) is 0.179. The van der Waals surface area contributed by atoms with Gasteiger partial charge in [-0.15, -0.1) is 0 Å². The molecule has 110 valence electrons. The number of amides is 1. The highest BCUT2D eigenvalue weighted by Crippen LogP contribution is 2.23. The molecular weight excluding hydrogens is 254 g/mol. The predicted molar refractivity (Wildman–Crippen MR) is 78.5 cm³/mol. The zero-order valence-electron chi connectivity index (χ0n) is 12.5. The maximum Gasteiger partial charge on any atom is 0.305 e. The highest BCUT2D eigenvalue weighted by molar-refractivity contribution is 5.84. The van der Waals surface area contributed by atoms with Crippen LogP contribution in [-0.2, 0) is 9.59 Å². The Morgan fingerprint density at radius 3 is 2.20 bits per heavy atom. The van der Waals surface area contributed by atoms with Gasteiger partial charge in [-0.3, -0.25) is 9.59 Å². The summed E-state index contributed by atoms with van der Waals surface area (Å²) in [5, 5.41) is 11.9. The zero-order valence-corrected chi connectivity index (χ0v) is 12.5. The Balaban J connectivity index is 2.84. The van der Waals surface area contributed by atoms with Gasteiger partial charge >= 0.3 is 5.97 Å². The lowest BCUT2D eigenvalue weighted by Gasteiger charge is -2.34. The van der Waals surface area contributed by atoms with Gasteiger partial charge in [0.1, 0.15) is 0 Å². The number of carbonyl (C=O) groups excluding carboxylic acids is 1. The summed E-state index contributed by atoms with van der Waals surface area (Å²) in [7, 11) is 0. The van der Waals surface area contributed by atoms with Crippen molar-refractivity contribution < 1.29 is 14.7 Å². The molecule has 1 rings (SSSR count). The Labute approximate surface area is 120 Å². The normalized spacial score (nSPS) is 15.4. The van der Waals surface area contributed by atoms with E-state index >= 15 is 0 Å². The Morgan fingerprint density at radius 2 is 1.75 bits per heavy atom. The second-order valence-corrected chi connectivity index (χ2v) is 5.76. The van der Waals surface area contributed by atoms with E-state index in [0.717, 1.165) is 5.56 Å². The van der Waals surface area contributed by atoms with Gasteiger partial charge in [0.15, 0.2) is 0 Å². The van der Waals surface area contributed by atoms with Gasteiger partial charge in [0.25, 0.3) is 0 Å². The summed E-state index contributed by atoms with van der Waals surface area (Å²) in [6, 6.07) is 9.47. The van der Waals surface area contributed by atoms with Crippen LogP contribution in [0.4, 0.5) is 0 Å². The second kappa shape index (κ2) is 6.55. The van der Waals surface area contributed by atoms with E-state index in [2.05, 4.69) is 5.32 Å². The van der Waals surface area contributed by atoms with Crippen LogP contribution >= 0.6 is 0 Å². The average molecular weight is 277 g/mol. The molecule has 0 heterocycles. The SMILES string of the molecule is CC(C)C(C)(CC(=O)O)NC(=O)[C@H](C)c1ccccc1. The summed E-state index contributed by atoms with van der Waals surface area (Å²) in [6.45, 7) is 7.43. The van der Waals surface area contributed by atoms with E-state index < -0.39 is 11.5 Å². The molecule has 0 aliphatic heterocycles. The number of nitrogens with one attached hydrogen (secondary N) is 1. The van der Waals surface area contributed by atoms with E-state index in [1.54, 1.807) is 6.92 Å². The fourth-order valence-corrected chi connectivity index (χ4v) is 1.99. The minimum Gasteiger partial charge on any atom is -0.481 e. The van der Waals surface area contributed by atoms with Crippen molar-refractivity contribution >= 4 is 11.9 Å². The van der Waals surface area contributed by atoms with E-state index in [1.807, 2.05) is 51.1 Å². The second-order valence-electron chi connectivity index (χ2n) is 5.76. The lowest BCUT2D eigenvalue weighted by atomic mass is 9.84. The molecule has 4 heteroatoms. The molecule has 0 aliphatic carbocycles. The van der Waals surface area contributed by atoms with E-state index in [0.29, 0.717) is 0 Å². The highest BCUT2D eigenvalue weighted by Gasteiger charge is 2.34. The number of rotatable bonds is 6. The number of carboxylic acids is 1. The van der Waals surface area contributed by atoms with Crippen molar-refractivity contribution in [3.8, 4) is 0 Å². The van der Waals surface area contributed by atoms with Crippen molar-refractivity contribution in [2.75, 3.05) is 0 Å². The first-order valence-electron chi connectivity index (χ1n) is 6.85. The molecular formula is C16H23NO3. The Bertz CT molecular complexity index is 470. The number of benzene rings is 1. The molecule has 1 unspecified atom stereocenters. The van der Waals surface area contributed by atoms with E-state index in [-0.39, 0.29) is 24.2 Å². The van der Waals surface area contributed by atoms with Gasteiger partial charge < -0.3 is 10.4 Å². The van der Waals surface area contributed by atoms with Crippen molar-refractivity contribution in [2.24, 2.45) is 5.92 Å². The average Bonchev–Trinajstić information content (AvgIpc) is 2.37. The van der Waals surface area contributed by atoms with E-state index in [1.165, 1.54) is 0 Å². The monoisotopic (exact) mass is 277 g/mol. The van der Waals surface area contributed by atoms with E-state index in [4.69, 9.17) is 5.11 Å². The van der Waals surface area contributed by atoms with Gasteiger partial charge in [-0.05, 0) is 25.3 Å². The lowest BCUT2D eigenvalue weighted by molar-refractivity contribution is -0.139. The van der Waals surface area contributed by atoms with Gasteiger partial charge in [0, 0.05) is 5.54 Å². The largest absolute Gasteiger partial charge is 0.481 e. The Kier molecular flexibility index (Phi) is 5.31. The molecule has 0 bridgehead atoms. The molecule has 0 saturated carbocycles. The van der Waals surface area contributed by atoms with Crippen LogP contribution in [0.3, 0.4) is 0 Å². The van der Waals surface area contributed by atoms with Crippen molar-refractivity contribution in [3.63, 3.8) is 0 Å². The first-order chi connectivity index (χ1) is 9.26. The molecule has 0 spiro atoms. The molecule has 2 N–H and O–H groups in total. The first kappa shape index (κ1) is 16.2. The van der Waals surface area contributed by atoms with E-state index in [9.17, 15) is 9.59 Å². The minimum atomic E-state index is -0.908. The Hall–Kier alpha value is -1.84.